The molecule has 2 unspecified atom stereocenters. The summed E-state index contributed by atoms with van der Waals surface area (Å²) < 4.78 is 0. The van der Waals surface area contributed by atoms with Crippen LogP contribution < -0.4 is 5.73 Å². The van der Waals surface area contributed by atoms with E-state index < -0.39 is 17.8 Å². The van der Waals surface area contributed by atoms with E-state index in [9.17, 15) is 15.2 Å². The Kier molecular flexibility index (Phi) is 3.57. The quantitative estimate of drug-likeness (QED) is 0.805. The Balaban J connectivity index is 2.65. The number of aliphatic imine (C=N–C) groups is 1. The molecule has 0 radical (unpaired) electrons. The lowest BCUT2D eigenvalue weighted by molar-refractivity contribution is -0.133. The van der Waals surface area contributed by atoms with Crippen molar-refractivity contribution in [2.75, 3.05) is 5.73 Å². The smallest absolute Gasteiger partial charge is 0.334 e. The number of carboxylic acid groups (broad SMARTS) is 1. The van der Waals surface area contributed by atoms with Crippen LogP contribution in [0.3, 0.4) is 0 Å². The van der Waals surface area contributed by atoms with Gasteiger partial charge in [-0.3, -0.25) is 4.99 Å². The van der Waals surface area contributed by atoms with Crippen molar-refractivity contribution in [3.05, 3.63) is 41.1 Å². The van der Waals surface area contributed by atoms with E-state index in [0.717, 1.165) is 5.56 Å². The highest BCUT2D eigenvalue weighted by atomic mass is 16.4. The van der Waals surface area contributed by atoms with Gasteiger partial charge in [0.15, 0.2) is 0 Å². The number of anilines is 1. The van der Waals surface area contributed by atoms with Crippen molar-refractivity contribution in [2.24, 2.45) is 10.9 Å². The molecule has 1 aromatic carbocycles. The number of hydrogen-bond acceptors (Lipinski definition) is 4. The Morgan fingerprint density at radius 2 is 2.15 bits per heavy atom. The average molecular weight is 269 g/mol. The molecule has 0 saturated carbocycles. The van der Waals surface area contributed by atoms with Crippen molar-refractivity contribution in [1.82, 2.24) is 0 Å². The summed E-state index contributed by atoms with van der Waals surface area (Å²) in [6, 6.07) is 9.15. The highest BCUT2D eigenvalue weighted by molar-refractivity contribution is 5.97. The third-order valence-corrected chi connectivity index (χ3v) is 3.47. The van der Waals surface area contributed by atoms with Crippen molar-refractivity contribution in [3.63, 3.8) is 0 Å². The molecular formula is C15H15N3O2. The lowest BCUT2D eigenvalue weighted by Crippen LogP contribution is -2.28. The van der Waals surface area contributed by atoms with E-state index in [-0.39, 0.29) is 5.57 Å². The minimum Gasteiger partial charge on any atom is -0.478 e. The SMILES string of the molecule is CC1=NC(C)=C(C(=O)O)C(c2cccc(N)c2)C1C#N. The van der Waals surface area contributed by atoms with Gasteiger partial charge in [0, 0.05) is 23.0 Å². The van der Waals surface area contributed by atoms with Crippen molar-refractivity contribution in [3.8, 4) is 6.07 Å². The van der Waals surface area contributed by atoms with Gasteiger partial charge in [-0.05, 0) is 31.5 Å². The van der Waals surface area contributed by atoms with E-state index in [1.807, 2.05) is 0 Å². The van der Waals surface area contributed by atoms with Crippen LogP contribution in [0, 0.1) is 17.2 Å². The van der Waals surface area contributed by atoms with Crippen LogP contribution in [0.2, 0.25) is 0 Å². The summed E-state index contributed by atoms with van der Waals surface area (Å²) in [6.07, 6.45) is 0. The zero-order chi connectivity index (χ0) is 14.9. The minimum absolute atomic E-state index is 0.160. The fraction of sp³-hybridized carbons (Fsp3) is 0.267. The predicted molar refractivity (Wildman–Crippen MR) is 76.1 cm³/mol. The van der Waals surface area contributed by atoms with E-state index in [1.165, 1.54) is 0 Å². The minimum atomic E-state index is -1.05. The molecule has 0 aliphatic carbocycles. The van der Waals surface area contributed by atoms with Gasteiger partial charge in [-0.25, -0.2) is 4.79 Å². The Morgan fingerprint density at radius 1 is 1.45 bits per heavy atom. The number of nitrogen functional groups attached to an aromatic ring is 1. The van der Waals surface area contributed by atoms with E-state index in [2.05, 4.69) is 11.1 Å². The third-order valence-electron chi connectivity index (χ3n) is 3.47. The van der Waals surface area contributed by atoms with Gasteiger partial charge in [-0.1, -0.05) is 12.1 Å². The molecule has 102 valence electrons. The second-order valence-corrected chi connectivity index (χ2v) is 4.81. The number of nitrogens with zero attached hydrogens (tertiary/aromatic N) is 2. The van der Waals surface area contributed by atoms with Gasteiger partial charge < -0.3 is 10.8 Å². The monoisotopic (exact) mass is 269 g/mol. The molecule has 2 atom stereocenters. The molecule has 1 aliphatic rings. The van der Waals surface area contributed by atoms with E-state index in [1.54, 1.807) is 38.1 Å². The van der Waals surface area contributed by atoms with Gasteiger partial charge in [0.25, 0.3) is 0 Å². The Labute approximate surface area is 117 Å². The Morgan fingerprint density at radius 3 is 2.70 bits per heavy atom. The first-order chi connectivity index (χ1) is 9.45. The largest absolute Gasteiger partial charge is 0.478 e. The van der Waals surface area contributed by atoms with Crippen LogP contribution >= 0.6 is 0 Å². The molecule has 1 aromatic rings. The van der Waals surface area contributed by atoms with Gasteiger partial charge in [-0.2, -0.15) is 5.26 Å². The Bertz CT molecular complexity index is 668. The van der Waals surface area contributed by atoms with Crippen molar-refractivity contribution in [2.45, 2.75) is 19.8 Å². The summed E-state index contributed by atoms with van der Waals surface area (Å²) in [5.41, 5.74) is 8.26. The van der Waals surface area contributed by atoms with Crippen LogP contribution in [-0.4, -0.2) is 16.8 Å². The summed E-state index contributed by atoms with van der Waals surface area (Å²) in [7, 11) is 0. The maximum atomic E-state index is 11.5. The highest BCUT2D eigenvalue weighted by Crippen LogP contribution is 2.38. The molecule has 0 aromatic heterocycles. The van der Waals surface area contributed by atoms with E-state index in [0.29, 0.717) is 17.1 Å². The maximum Gasteiger partial charge on any atom is 0.334 e. The van der Waals surface area contributed by atoms with Crippen molar-refractivity contribution < 1.29 is 9.90 Å². The third kappa shape index (κ3) is 2.28. The fourth-order valence-electron chi connectivity index (χ4n) is 2.59. The van der Waals surface area contributed by atoms with Crippen LogP contribution in [0.5, 0.6) is 0 Å². The van der Waals surface area contributed by atoms with Gasteiger partial charge in [0.2, 0.25) is 0 Å². The first kappa shape index (κ1) is 13.8. The number of nitrogens with two attached hydrogens (primary N) is 1. The normalized spacial score (nSPS) is 22.1. The van der Waals surface area contributed by atoms with Crippen LogP contribution in [-0.2, 0) is 4.79 Å². The van der Waals surface area contributed by atoms with Crippen LogP contribution in [0.4, 0.5) is 5.69 Å². The van der Waals surface area contributed by atoms with Gasteiger partial charge in [-0.15, -0.1) is 0 Å². The maximum absolute atomic E-state index is 11.5. The van der Waals surface area contributed by atoms with Crippen LogP contribution in [0.15, 0.2) is 40.5 Å². The van der Waals surface area contributed by atoms with E-state index in [4.69, 9.17) is 5.73 Å². The molecule has 1 aliphatic heterocycles. The molecule has 2 rings (SSSR count). The van der Waals surface area contributed by atoms with Crippen LogP contribution in [0.1, 0.15) is 25.3 Å². The number of aliphatic carboxylic acids is 1. The molecule has 20 heavy (non-hydrogen) atoms. The molecule has 1 heterocycles. The topological polar surface area (TPSA) is 99.5 Å². The summed E-state index contributed by atoms with van der Waals surface area (Å²) in [6.45, 7) is 3.40. The lowest BCUT2D eigenvalue weighted by Gasteiger charge is -2.28. The number of allylic oxidation sites excluding steroid dienone is 1. The summed E-state index contributed by atoms with van der Waals surface area (Å²) in [4.78, 5) is 15.7. The van der Waals surface area contributed by atoms with Gasteiger partial charge >= 0.3 is 5.97 Å². The molecule has 3 N–H and O–H groups in total. The number of carbonyl (C=O) groups is 1. The number of benzene rings is 1. The van der Waals surface area contributed by atoms with Gasteiger partial charge in [0.1, 0.15) is 0 Å². The molecular weight excluding hydrogens is 254 g/mol. The molecule has 0 spiro atoms. The number of rotatable bonds is 2. The van der Waals surface area contributed by atoms with Crippen LogP contribution in [0.25, 0.3) is 0 Å². The number of carboxylic acids is 1. The zero-order valence-corrected chi connectivity index (χ0v) is 11.3. The number of hydrogen-bond donors (Lipinski definition) is 2. The molecule has 5 heteroatoms. The summed E-state index contributed by atoms with van der Waals surface area (Å²) in [5, 5.41) is 18.8. The van der Waals surface area contributed by atoms with Crippen molar-refractivity contribution in [1.29, 1.82) is 5.26 Å². The first-order valence-electron chi connectivity index (χ1n) is 6.20. The molecule has 0 bridgehead atoms. The lowest BCUT2D eigenvalue weighted by atomic mass is 9.76. The molecule has 0 amide bonds. The summed E-state index contributed by atoms with van der Waals surface area (Å²) >= 11 is 0. The zero-order valence-electron chi connectivity index (χ0n) is 11.3. The first-order valence-corrected chi connectivity index (χ1v) is 6.20. The second-order valence-electron chi connectivity index (χ2n) is 4.81. The predicted octanol–water partition coefficient (Wildman–Crippen LogP) is 2.33. The molecule has 5 nitrogen and oxygen atoms in total. The highest BCUT2D eigenvalue weighted by Gasteiger charge is 2.36. The number of nitriles is 1. The standard InChI is InChI=1S/C15H15N3O2/c1-8-12(7-16)14(10-4-3-5-11(17)6-10)13(15(19)20)9(2)18-8/h3-6,12,14H,17H2,1-2H3,(H,19,20). The average Bonchev–Trinajstić information content (AvgIpc) is 2.37. The Hall–Kier alpha value is -2.61. The van der Waals surface area contributed by atoms with Crippen molar-refractivity contribution >= 4 is 17.4 Å². The fourth-order valence-corrected chi connectivity index (χ4v) is 2.59. The second kappa shape index (κ2) is 5.17. The molecule has 0 fully saturated rings. The van der Waals surface area contributed by atoms with E-state index >= 15 is 0 Å². The summed E-state index contributed by atoms with van der Waals surface area (Å²) in [5.74, 6) is -2.18. The van der Waals surface area contributed by atoms with Gasteiger partial charge in [0.05, 0.1) is 17.6 Å². The molecule has 0 saturated heterocycles.